The fraction of sp³-hybridized carbons (Fsp3) is 0.467. The topological polar surface area (TPSA) is 49.7 Å². The molecule has 3 atom stereocenters. The minimum absolute atomic E-state index is 0.150. The van der Waals surface area contributed by atoms with E-state index in [1.54, 1.807) is 0 Å². The molecular formula is C15H18O3. The van der Waals surface area contributed by atoms with E-state index in [0.29, 0.717) is 12.0 Å². The lowest BCUT2D eigenvalue weighted by Gasteiger charge is -2.44. The van der Waals surface area contributed by atoms with Crippen molar-refractivity contribution in [3.05, 3.63) is 47.0 Å². The molecule has 3 nitrogen and oxygen atoms in total. The van der Waals surface area contributed by atoms with Gasteiger partial charge in [-0.25, -0.2) is 0 Å². The molecule has 1 aliphatic carbocycles. The van der Waals surface area contributed by atoms with Crippen LogP contribution in [0.1, 0.15) is 36.0 Å². The van der Waals surface area contributed by atoms with Gasteiger partial charge in [-0.3, -0.25) is 0 Å². The lowest BCUT2D eigenvalue weighted by molar-refractivity contribution is -0.265. The molecule has 3 heteroatoms. The van der Waals surface area contributed by atoms with Gasteiger partial charge < -0.3 is 14.9 Å². The van der Waals surface area contributed by atoms with Crippen LogP contribution < -0.4 is 0 Å². The number of benzene rings is 1. The summed E-state index contributed by atoms with van der Waals surface area (Å²) in [6.45, 7) is 8.09. The van der Waals surface area contributed by atoms with Gasteiger partial charge in [0.2, 0.25) is 5.79 Å². The Hall–Kier alpha value is -1.16. The summed E-state index contributed by atoms with van der Waals surface area (Å²) < 4.78 is 5.43. The zero-order valence-corrected chi connectivity index (χ0v) is 10.7. The van der Waals surface area contributed by atoms with E-state index in [1.165, 1.54) is 0 Å². The van der Waals surface area contributed by atoms with Crippen LogP contribution in [0.3, 0.4) is 0 Å². The minimum Gasteiger partial charge on any atom is -0.375 e. The molecule has 0 radical (unpaired) electrons. The van der Waals surface area contributed by atoms with E-state index in [9.17, 15) is 10.2 Å². The molecule has 2 N–H and O–H groups in total. The summed E-state index contributed by atoms with van der Waals surface area (Å²) in [5.41, 5.74) is 1.92. The Morgan fingerprint density at radius 3 is 2.83 bits per heavy atom. The monoisotopic (exact) mass is 246 g/mol. The number of aliphatic hydroxyl groups is 2. The second-order valence-electron chi connectivity index (χ2n) is 5.58. The van der Waals surface area contributed by atoms with Gasteiger partial charge in [-0.15, -0.1) is 0 Å². The molecule has 0 saturated carbocycles. The van der Waals surface area contributed by atoms with Crippen molar-refractivity contribution in [2.24, 2.45) is 0 Å². The summed E-state index contributed by atoms with van der Waals surface area (Å²) in [7, 11) is 0. The normalized spacial score (nSPS) is 38.4. The maximum atomic E-state index is 11.0. The van der Waals surface area contributed by atoms with Crippen LogP contribution in [0.5, 0.6) is 0 Å². The van der Waals surface area contributed by atoms with E-state index in [1.807, 2.05) is 32.0 Å². The summed E-state index contributed by atoms with van der Waals surface area (Å²) >= 11 is 0. The van der Waals surface area contributed by atoms with Crippen LogP contribution in [0.25, 0.3) is 0 Å². The second-order valence-corrected chi connectivity index (χ2v) is 5.58. The lowest BCUT2D eigenvalue weighted by Crippen LogP contribution is -2.53. The molecule has 96 valence electrons. The van der Waals surface area contributed by atoms with Gasteiger partial charge in [-0.2, -0.15) is 0 Å². The van der Waals surface area contributed by atoms with Gasteiger partial charge in [-0.1, -0.05) is 37.3 Å². The molecule has 0 spiro atoms. The van der Waals surface area contributed by atoms with Crippen molar-refractivity contribution in [3.63, 3.8) is 0 Å². The van der Waals surface area contributed by atoms with Crippen LogP contribution in [-0.2, 0) is 10.3 Å². The van der Waals surface area contributed by atoms with E-state index < -0.39 is 11.4 Å². The number of hydrogen-bond donors (Lipinski definition) is 2. The molecular weight excluding hydrogens is 228 g/mol. The molecule has 0 bridgehead atoms. The molecule has 1 aromatic carbocycles. The van der Waals surface area contributed by atoms with Crippen LogP contribution in [0.15, 0.2) is 30.4 Å². The maximum absolute atomic E-state index is 11.0. The Bertz CT molecular complexity index is 537. The van der Waals surface area contributed by atoms with Gasteiger partial charge >= 0.3 is 0 Å². The molecule has 0 aromatic heterocycles. The quantitative estimate of drug-likeness (QED) is 0.688. The number of fused-ring (bicyclic) bond motifs is 3. The van der Waals surface area contributed by atoms with Gasteiger partial charge in [0.15, 0.2) is 5.60 Å². The van der Waals surface area contributed by atoms with E-state index in [-0.39, 0.29) is 12.5 Å². The van der Waals surface area contributed by atoms with E-state index in [4.69, 9.17) is 4.74 Å². The molecule has 1 fully saturated rings. The van der Waals surface area contributed by atoms with Crippen LogP contribution in [0.2, 0.25) is 0 Å². The molecule has 2 aliphatic rings. The zero-order valence-electron chi connectivity index (χ0n) is 10.7. The average Bonchev–Trinajstić information content (AvgIpc) is 2.54. The van der Waals surface area contributed by atoms with Crippen LogP contribution in [-0.4, -0.2) is 22.6 Å². The van der Waals surface area contributed by atoms with Gasteiger partial charge in [0.25, 0.3) is 0 Å². The minimum atomic E-state index is -1.54. The van der Waals surface area contributed by atoms with Gasteiger partial charge in [0, 0.05) is 6.42 Å². The number of rotatable bonds is 0. The maximum Gasteiger partial charge on any atom is 0.204 e. The third-order valence-corrected chi connectivity index (χ3v) is 4.27. The van der Waals surface area contributed by atoms with Crippen molar-refractivity contribution < 1.29 is 14.9 Å². The van der Waals surface area contributed by atoms with Gasteiger partial charge in [-0.05, 0) is 29.5 Å². The first-order chi connectivity index (χ1) is 8.38. The Labute approximate surface area is 107 Å². The summed E-state index contributed by atoms with van der Waals surface area (Å²) in [5.74, 6) is -1.39. The predicted molar refractivity (Wildman–Crippen MR) is 68.1 cm³/mol. The average molecular weight is 246 g/mol. The first-order valence-electron chi connectivity index (χ1n) is 6.26. The molecule has 0 amide bonds. The van der Waals surface area contributed by atoms with Crippen molar-refractivity contribution in [2.75, 3.05) is 6.61 Å². The lowest BCUT2D eigenvalue weighted by atomic mass is 9.68. The Kier molecular flexibility index (Phi) is 2.28. The smallest absolute Gasteiger partial charge is 0.204 e. The first kappa shape index (κ1) is 11.9. The zero-order chi connectivity index (χ0) is 13.1. The highest BCUT2D eigenvalue weighted by atomic mass is 16.6. The van der Waals surface area contributed by atoms with Crippen molar-refractivity contribution in [1.29, 1.82) is 0 Å². The molecule has 3 unspecified atom stereocenters. The summed E-state index contributed by atoms with van der Waals surface area (Å²) in [4.78, 5) is 0. The van der Waals surface area contributed by atoms with Gasteiger partial charge in [0.05, 0.1) is 6.61 Å². The van der Waals surface area contributed by atoms with Crippen LogP contribution in [0, 0.1) is 6.92 Å². The first-order valence-corrected chi connectivity index (χ1v) is 6.26. The molecule has 1 aromatic rings. The molecule has 1 heterocycles. The van der Waals surface area contributed by atoms with Gasteiger partial charge in [0.1, 0.15) is 0 Å². The summed E-state index contributed by atoms with van der Waals surface area (Å²) in [6, 6.07) is 5.98. The summed E-state index contributed by atoms with van der Waals surface area (Å²) in [6.07, 6.45) is 0.387. The fourth-order valence-electron chi connectivity index (χ4n) is 3.24. The number of aryl methyl sites for hydroxylation is 1. The molecule has 18 heavy (non-hydrogen) atoms. The number of ether oxygens (including phenoxy) is 1. The fourth-order valence-corrected chi connectivity index (χ4v) is 3.24. The molecule has 1 saturated heterocycles. The Balaban J connectivity index is 2.30. The third kappa shape index (κ3) is 1.24. The van der Waals surface area contributed by atoms with E-state index in [0.717, 1.165) is 16.7 Å². The summed E-state index contributed by atoms with van der Waals surface area (Å²) in [5, 5.41) is 21.6. The standard InChI is InChI=1S/C15H18O3/c1-9-4-5-12-10(2)7-14(16)15(17,13(12)6-9)11(3)8-18-14/h4-6,10,16-17H,3,7-8H2,1-2H3. The SMILES string of the molecule is C=C1COC2(O)CC(C)c3ccc(C)cc3C12O. The van der Waals surface area contributed by atoms with Crippen molar-refractivity contribution in [2.45, 2.75) is 37.6 Å². The highest BCUT2D eigenvalue weighted by molar-refractivity contribution is 5.48. The van der Waals surface area contributed by atoms with E-state index >= 15 is 0 Å². The predicted octanol–water partition coefficient (Wildman–Crippen LogP) is 1.96. The van der Waals surface area contributed by atoms with Crippen molar-refractivity contribution in [3.8, 4) is 0 Å². The molecule has 1 aliphatic heterocycles. The van der Waals surface area contributed by atoms with Crippen molar-refractivity contribution in [1.82, 2.24) is 0 Å². The Morgan fingerprint density at radius 2 is 2.11 bits per heavy atom. The van der Waals surface area contributed by atoms with Crippen LogP contribution >= 0.6 is 0 Å². The van der Waals surface area contributed by atoms with Crippen molar-refractivity contribution >= 4 is 0 Å². The van der Waals surface area contributed by atoms with Crippen LogP contribution in [0.4, 0.5) is 0 Å². The second kappa shape index (κ2) is 3.44. The Morgan fingerprint density at radius 1 is 1.39 bits per heavy atom. The molecule has 3 rings (SSSR count). The van der Waals surface area contributed by atoms with E-state index in [2.05, 4.69) is 6.58 Å². The highest BCUT2D eigenvalue weighted by Crippen LogP contribution is 2.54. The highest BCUT2D eigenvalue weighted by Gasteiger charge is 2.61. The number of hydrogen-bond acceptors (Lipinski definition) is 3. The largest absolute Gasteiger partial charge is 0.375 e. The third-order valence-electron chi connectivity index (χ3n) is 4.27.